The van der Waals surface area contributed by atoms with E-state index in [0.717, 1.165) is 88.6 Å². The molecule has 0 radical (unpaired) electrons. The molecule has 31 rings (SSSR count). The molecule has 22 aromatic carbocycles. The average Bonchev–Trinajstić information content (AvgIpc) is 1.54. The molecule has 9 heteroatoms. The van der Waals surface area contributed by atoms with Crippen LogP contribution in [-0.2, 0) is 0 Å². The first-order valence-electron chi connectivity index (χ1n) is 46.8. The van der Waals surface area contributed by atoms with Crippen molar-refractivity contribution in [2.24, 2.45) is 0 Å². The van der Waals surface area contributed by atoms with Crippen LogP contribution in [0.25, 0.3) is 275 Å². The second-order valence-electron chi connectivity index (χ2n) is 36.0. The Morgan fingerprint density at radius 1 is 0.124 bits per heavy atom. The van der Waals surface area contributed by atoms with Crippen molar-refractivity contribution in [3.63, 3.8) is 0 Å². The first-order valence-corrected chi connectivity index (χ1v) is 46.8. The van der Waals surface area contributed by atoms with Gasteiger partial charge in [0.1, 0.15) is 33.5 Å². The van der Waals surface area contributed by atoms with Crippen LogP contribution < -0.4 is 0 Å². The molecule has 137 heavy (non-hydrogen) atoms. The molecule has 0 aliphatic rings. The Balaban J connectivity index is 0.0000000999. The van der Waals surface area contributed by atoms with Gasteiger partial charge in [-0.1, -0.05) is 291 Å². The molecule has 0 atom stereocenters. The summed E-state index contributed by atoms with van der Waals surface area (Å²) in [5.74, 6) is 0. The van der Waals surface area contributed by atoms with Crippen LogP contribution in [0.2, 0.25) is 0 Å². The predicted octanol–water partition coefficient (Wildman–Crippen LogP) is 35.0. The van der Waals surface area contributed by atoms with Gasteiger partial charge in [-0.05, 0) is 202 Å². The molecule has 0 fully saturated rings. The Labute approximate surface area is 783 Å². The van der Waals surface area contributed by atoms with Gasteiger partial charge in [-0.2, -0.15) is 0 Å². The summed E-state index contributed by atoms with van der Waals surface area (Å²) in [5, 5.41) is 26.9. The maximum atomic E-state index is 6.36. The van der Waals surface area contributed by atoms with Crippen molar-refractivity contribution in [1.29, 1.82) is 0 Å². The highest BCUT2D eigenvalue weighted by molar-refractivity contribution is 6.32. The highest BCUT2D eigenvalue weighted by Gasteiger charge is 2.28. The van der Waals surface area contributed by atoms with Crippen molar-refractivity contribution < 1.29 is 13.3 Å². The van der Waals surface area contributed by atoms with E-state index in [1.54, 1.807) is 0 Å². The minimum Gasteiger partial charge on any atom is -0.456 e. The van der Waals surface area contributed by atoms with E-state index in [0.29, 0.717) is 0 Å². The fourth-order valence-corrected chi connectivity index (χ4v) is 22.8. The first kappa shape index (κ1) is 76.3. The maximum absolute atomic E-state index is 6.36. The van der Waals surface area contributed by atoms with E-state index in [1.165, 1.54) is 186 Å². The summed E-state index contributed by atoms with van der Waals surface area (Å²) in [6, 6.07) is 170. The van der Waals surface area contributed by atoms with E-state index in [2.05, 4.69) is 464 Å². The summed E-state index contributed by atoms with van der Waals surface area (Å²) >= 11 is 0. The molecular formula is C128H78N6O3. The summed E-state index contributed by atoms with van der Waals surface area (Å²) in [7, 11) is 0. The van der Waals surface area contributed by atoms with Crippen LogP contribution in [0.1, 0.15) is 0 Å². The lowest BCUT2D eigenvalue weighted by Gasteiger charge is -2.14. The van der Waals surface area contributed by atoms with Crippen LogP contribution in [0.4, 0.5) is 0 Å². The van der Waals surface area contributed by atoms with Crippen molar-refractivity contribution in [3.05, 3.63) is 473 Å². The Bertz CT molecular complexity index is 10400. The molecule has 0 N–H and O–H groups in total. The molecule has 638 valence electrons. The zero-order valence-electron chi connectivity index (χ0n) is 73.9. The molecule has 0 bridgehead atoms. The molecule has 0 spiro atoms. The molecule has 0 saturated heterocycles. The number of hydrogen-bond acceptors (Lipinski definition) is 3. The van der Waals surface area contributed by atoms with Crippen LogP contribution in [0.3, 0.4) is 0 Å². The lowest BCUT2D eigenvalue weighted by molar-refractivity contribution is 0.668. The topological polar surface area (TPSA) is 69.0 Å². The second-order valence-corrected chi connectivity index (χ2v) is 36.0. The van der Waals surface area contributed by atoms with E-state index in [4.69, 9.17) is 13.3 Å². The SMILES string of the molecule is c1ccc(-c2cc(-c3ccccc3)cc(-n3c4ccccc4c4c5c6ccccc6n(-c6ccc7c(c6)oc6ccccc67)c5ccc43)c2)cc1.c1ccc2c(-n3c4ccccc4c4c5c6ccccc6n(-c6ccc7c(c6)oc6ccccc67)c5ccc43)cccc2c1.c1ccc2cc(-n3c4ccccc4c4c5c6ccccc6n(-c6ccc7c(c6)oc6ccccc67)c5ccc43)ccc2c1. The van der Waals surface area contributed by atoms with Gasteiger partial charge in [0.2, 0.25) is 0 Å². The Kier molecular flexibility index (Phi) is 16.7. The molecule has 9 aromatic heterocycles. The van der Waals surface area contributed by atoms with Gasteiger partial charge in [-0.25, -0.2) is 0 Å². The Morgan fingerprint density at radius 3 is 0.759 bits per heavy atom. The molecule has 0 aliphatic heterocycles. The molecule has 9 heterocycles. The quantitative estimate of drug-likeness (QED) is 0.152. The van der Waals surface area contributed by atoms with Crippen molar-refractivity contribution in [2.75, 3.05) is 0 Å². The molecule has 0 aliphatic carbocycles. The van der Waals surface area contributed by atoms with E-state index < -0.39 is 0 Å². The van der Waals surface area contributed by atoms with Gasteiger partial charge in [0.25, 0.3) is 0 Å². The average molecular weight is 1750 g/mol. The van der Waals surface area contributed by atoms with Crippen LogP contribution in [0, 0.1) is 0 Å². The van der Waals surface area contributed by atoms with Gasteiger partial charge in [0.05, 0.1) is 71.9 Å². The van der Waals surface area contributed by atoms with Crippen LogP contribution in [0.5, 0.6) is 0 Å². The van der Waals surface area contributed by atoms with Crippen LogP contribution in [-0.4, -0.2) is 27.4 Å². The summed E-state index contributed by atoms with van der Waals surface area (Å²) in [6.45, 7) is 0. The highest BCUT2D eigenvalue weighted by Crippen LogP contribution is 2.50. The van der Waals surface area contributed by atoms with Crippen molar-refractivity contribution in [2.45, 2.75) is 0 Å². The molecule has 0 unspecified atom stereocenters. The molecular weight excluding hydrogens is 1670 g/mol. The highest BCUT2D eigenvalue weighted by atomic mass is 16.3. The number of benzene rings is 22. The van der Waals surface area contributed by atoms with Crippen LogP contribution >= 0.6 is 0 Å². The predicted molar refractivity (Wildman–Crippen MR) is 573 cm³/mol. The van der Waals surface area contributed by atoms with Gasteiger partial charge in [-0.15, -0.1) is 0 Å². The summed E-state index contributed by atoms with van der Waals surface area (Å²) in [5.41, 5.74) is 31.3. The normalized spacial score (nSPS) is 12.1. The summed E-state index contributed by atoms with van der Waals surface area (Å²) < 4.78 is 33.5. The van der Waals surface area contributed by atoms with Crippen molar-refractivity contribution in [3.8, 4) is 56.4 Å². The monoisotopic (exact) mass is 1750 g/mol. The van der Waals surface area contributed by atoms with Gasteiger partial charge in [0.15, 0.2) is 0 Å². The number of aromatic nitrogens is 6. The van der Waals surface area contributed by atoms with Gasteiger partial charge >= 0.3 is 0 Å². The van der Waals surface area contributed by atoms with Crippen molar-refractivity contribution >= 4 is 218 Å². The smallest absolute Gasteiger partial charge is 0.137 e. The third kappa shape index (κ3) is 11.6. The van der Waals surface area contributed by atoms with Gasteiger partial charge in [0, 0.05) is 149 Å². The first-order chi connectivity index (χ1) is 68.0. The van der Waals surface area contributed by atoms with E-state index in [-0.39, 0.29) is 0 Å². The summed E-state index contributed by atoms with van der Waals surface area (Å²) in [4.78, 5) is 0. The molecule has 0 saturated carbocycles. The minimum absolute atomic E-state index is 0.893. The number of nitrogens with zero attached hydrogens (tertiary/aromatic N) is 6. The molecule has 9 nitrogen and oxygen atoms in total. The fourth-order valence-electron chi connectivity index (χ4n) is 22.8. The second kappa shape index (κ2) is 30.0. The van der Waals surface area contributed by atoms with E-state index in [9.17, 15) is 0 Å². The largest absolute Gasteiger partial charge is 0.456 e. The zero-order chi connectivity index (χ0) is 89.6. The number of fused-ring (bicyclic) bond motifs is 32. The van der Waals surface area contributed by atoms with E-state index >= 15 is 0 Å². The maximum Gasteiger partial charge on any atom is 0.137 e. The van der Waals surface area contributed by atoms with Gasteiger partial charge < -0.3 is 40.7 Å². The number of furan rings is 3. The van der Waals surface area contributed by atoms with Crippen LogP contribution in [0.15, 0.2) is 486 Å². The number of rotatable bonds is 8. The standard InChI is InChI=1S/C48H30N2O.2C40H24N2O/c1-3-13-31(14-4-1)33-27-34(32-15-5-2-6-16-32)29-36(28-33)50-42-21-11-8-19-40(42)48-44(50)26-25-43-47(48)39-18-7-10-20-41(39)49(43)35-23-24-38-37-17-9-12-22-45(37)51-46(38)30-35;1-2-12-27-25(10-1)11-9-18-32(27)42-34-17-7-4-15-31(34)40-36(42)23-22-35-39(40)30-14-3-6-16-33(30)41(35)26-20-21-29-28-13-5-8-19-37(28)43-38(29)24-26;1-2-10-26-23-27(18-17-25(26)9-1)41-33-14-6-3-12-31(33)39-35(41)21-22-36-40(39)32-13-4-7-15-34(32)42(36)28-19-20-30-29-11-5-8-16-37(29)43-38(30)24-28/h1-30H;2*1-24H. The number of para-hydroxylation sites is 9. The Morgan fingerprint density at radius 2 is 0.387 bits per heavy atom. The lowest BCUT2D eigenvalue weighted by Crippen LogP contribution is -1.96. The van der Waals surface area contributed by atoms with Gasteiger partial charge in [-0.3, -0.25) is 0 Å². The molecule has 0 amide bonds. The number of hydrogen-bond donors (Lipinski definition) is 0. The van der Waals surface area contributed by atoms with Crippen molar-refractivity contribution in [1.82, 2.24) is 27.4 Å². The zero-order valence-corrected chi connectivity index (χ0v) is 73.9. The fraction of sp³-hybridized carbons (Fsp3) is 0. The minimum atomic E-state index is 0.893. The third-order valence-electron chi connectivity index (χ3n) is 28.7. The Hall–Kier alpha value is -18.4. The lowest BCUT2D eigenvalue weighted by atomic mass is 9.98. The summed E-state index contributed by atoms with van der Waals surface area (Å²) in [6.07, 6.45) is 0. The third-order valence-corrected chi connectivity index (χ3v) is 28.7. The van der Waals surface area contributed by atoms with E-state index in [1.807, 2.05) is 36.4 Å². The molecule has 31 aromatic rings.